The SMILES string of the molecule is CCC(=O)OS[C@H](CC(=O)O)C(=O)CCC(=O)O. The van der Waals surface area contributed by atoms with Crippen molar-refractivity contribution in [3.8, 4) is 0 Å². The van der Waals surface area contributed by atoms with E-state index >= 15 is 0 Å². The fraction of sp³-hybridized carbons (Fsp3) is 0.600. The van der Waals surface area contributed by atoms with Gasteiger partial charge in [-0.3, -0.25) is 19.2 Å². The number of carboxylic acid groups (broad SMARTS) is 2. The van der Waals surface area contributed by atoms with Gasteiger partial charge in [0, 0.05) is 12.8 Å². The second kappa shape index (κ2) is 8.51. The van der Waals surface area contributed by atoms with Gasteiger partial charge >= 0.3 is 17.9 Å². The van der Waals surface area contributed by atoms with Gasteiger partial charge in [0.2, 0.25) is 0 Å². The zero-order valence-electron chi connectivity index (χ0n) is 9.75. The van der Waals surface area contributed by atoms with Crippen LogP contribution < -0.4 is 0 Å². The predicted octanol–water partition coefficient (Wildman–Crippen LogP) is 0.865. The lowest BCUT2D eigenvalue weighted by atomic mass is 10.1. The minimum absolute atomic E-state index is 0.107. The van der Waals surface area contributed by atoms with E-state index in [1.807, 2.05) is 0 Å². The van der Waals surface area contributed by atoms with Gasteiger partial charge in [-0.25, -0.2) is 0 Å². The molecule has 102 valence electrons. The molecule has 0 aliphatic rings. The summed E-state index contributed by atoms with van der Waals surface area (Å²) >= 11 is 0.469. The van der Waals surface area contributed by atoms with Crippen LogP contribution in [0, 0.1) is 0 Å². The first-order chi connectivity index (χ1) is 8.36. The van der Waals surface area contributed by atoms with Crippen molar-refractivity contribution in [3.05, 3.63) is 0 Å². The molecular weight excluding hydrogens is 264 g/mol. The average Bonchev–Trinajstić information content (AvgIpc) is 2.30. The van der Waals surface area contributed by atoms with E-state index in [0.29, 0.717) is 12.0 Å². The fourth-order valence-electron chi connectivity index (χ4n) is 0.922. The lowest BCUT2D eigenvalue weighted by Gasteiger charge is -2.11. The Morgan fingerprint density at radius 2 is 1.72 bits per heavy atom. The third kappa shape index (κ3) is 7.66. The molecule has 0 aromatic heterocycles. The maximum Gasteiger partial charge on any atom is 0.317 e. The summed E-state index contributed by atoms with van der Waals surface area (Å²) in [5.41, 5.74) is 0. The van der Waals surface area contributed by atoms with Gasteiger partial charge in [0.05, 0.1) is 24.9 Å². The number of hydrogen-bond acceptors (Lipinski definition) is 6. The first-order valence-corrected chi connectivity index (χ1v) is 5.99. The van der Waals surface area contributed by atoms with Crippen LogP contribution in [0.1, 0.15) is 32.6 Å². The monoisotopic (exact) mass is 278 g/mol. The Labute approximate surface area is 108 Å². The number of aliphatic carboxylic acids is 2. The molecular formula is C10H14O7S. The van der Waals surface area contributed by atoms with Crippen molar-refractivity contribution in [1.82, 2.24) is 0 Å². The molecule has 0 saturated heterocycles. The van der Waals surface area contributed by atoms with E-state index in [1.165, 1.54) is 0 Å². The van der Waals surface area contributed by atoms with Crippen LogP contribution in [-0.2, 0) is 23.4 Å². The minimum atomic E-state index is -1.22. The topological polar surface area (TPSA) is 118 Å². The van der Waals surface area contributed by atoms with E-state index in [4.69, 9.17) is 10.2 Å². The third-order valence-corrected chi connectivity index (χ3v) is 2.79. The van der Waals surface area contributed by atoms with Gasteiger partial charge in [-0.15, -0.1) is 0 Å². The van der Waals surface area contributed by atoms with Gasteiger partial charge in [-0.1, -0.05) is 6.92 Å². The quantitative estimate of drug-likeness (QED) is 0.596. The zero-order chi connectivity index (χ0) is 14.1. The molecule has 0 aromatic carbocycles. The Bertz CT molecular complexity index is 339. The highest BCUT2D eigenvalue weighted by atomic mass is 32.2. The van der Waals surface area contributed by atoms with E-state index < -0.39 is 35.4 Å². The summed E-state index contributed by atoms with van der Waals surface area (Å²) in [7, 11) is 0. The van der Waals surface area contributed by atoms with Crippen molar-refractivity contribution in [2.24, 2.45) is 0 Å². The molecule has 7 nitrogen and oxygen atoms in total. The van der Waals surface area contributed by atoms with Crippen LogP contribution in [0.15, 0.2) is 0 Å². The van der Waals surface area contributed by atoms with Crippen molar-refractivity contribution in [2.75, 3.05) is 0 Å². The van der Waals surface area contributed by atoms with Crippen molar-refractivity contribution >= 4 is 35.7 Å². The normalized spacial score (nSPS) is 11.6. The molecule has 0 aliphatic carbocycles. The van der Waals surface area contributed by atoms with Crippen molar-refractivity contribution in [2.45, 2.75) is 37.9 Å². The molecule has 0 radical (unpaired) electrons. The van der Waals surface area contributed by atoms with Crippen LogP contribution in [0.2, 0.25) is 0 Å². The summed E-state index contributed by atoms with van der Waals surface area (Å²) in [6.45, 7) is 1.56. The molecule has 0 aromatic rings. The number of carboxylic acids is 2. The molecule has 0 aliphatic heterocycles. The lowest BCUT2D eigenvalue weighted by Crippen LogP contribution is -2.22. The van der Waals surface area contributed by atoms with Gasteiger partial charge in [-0.05, 0) is 0 Å². The Kier molecular flexibility index (Phi) is 7.77. The van der Waals surface area contributed by atoms with E-state index in [2.05, 4.69) is 4.18 Å². The van der Waals surface area contributed by atoms with Crippen LogP contribution >= 0.6 is 12.0 Å². The Hall–Kier alpha value is -1.57. The van der Waals surface area contributed by atoms with Gasteiger partial charge in [0.15, 0.2) is 0 Å². The maximum absolute atomic E-state index is 11.5. The number of Topliss-reactive ketones (excluding diaryl/α,β-unsaturated/α-hetero) is 1. The number of hydrogen-bond donors (Lipinski definition) is 2. The zero-order valence-corrected chi connectivity index (χ0v) is 10.6. The molecule has 0 spiro atoms. The molecule has 0 saturated carbocycles. The number of carbonyl (C=O) groups excluding carboxylic acids is 2. The molecule has 0 rings (SSSR count). The Balaban J connectivity index is 4.37. The molecule has 2 N–H and O–H groups in total. The number of carbonyl (C=O) groups is 4. The molecule has 8 heteroatoms. The average molecular weight is 278 g/mol. The number of rotatable bonds is 9. The first-order valence-electron chi connectivity index (χ1n) is 5.19. The molecule has 1 atom stereocenters. The largest absolute Gasteiger partial charge is 0.481 e. The van der Waals surface area contributed by atoms with Crippen LogP contribution in [0.4, 0.5) is 0 Å². The Morgan fingerprint density at radius 3 is 2.17 bits per heavy atom. The van der Waals surface area contributed by atoms with Crippen LogP contribution in [-0.4, -0.2) is 39.2 Å². The molecule has 0 amide bonds. The van der Waals surface area contributed by atoms with Gasteiger partial charge in [0.1, 0.15) is 11.0 Å². The Morgan fingerprint density at radius 1 is 1.11 bits per heavy atom. The standard InChI is InChI=1S/C10H14O7S/c1-2-10(16)17-18-7(5-9(14)15)6(11)3-4-8(12)13/h7H,2-5H2,1H3,(H,12,13)(H,14,15)/t7-/m1/s1. The molecule has 0 bridgehead atoms. The summed E-state index contributed by atoms with van der Waals surface area (Å²) in [5, 5.41) is 16.0. The highest BCUT2D eigenvalue weighted by Gasteiger charge is 2.25. The summed E-state index contributed by atoms with van der Waals surface area (Å²) in [5.74, 6) is -3.49. The molecule has 18 heavy (non-hydrogen) atoms. The molecule has 0 heterocycles. The van der Waals surface area contributed by atoms with E-state index in [0.717, 1.165) is 0 Å². The summed E-state index contributed by atoms with van der Waals surface area (Å²) in [6.07, 6.45) is -1.07. The van der Waals surface area contributed by atoms with Gasteiger partial charge < -0.3 is 14.4 Å². The van der Waals surface area contributed by atoms with Crippen LogP contribution in [0.25, 0.3) is 0 Å². The number of ketones is 1. The van der Waals surface area contributed by atoms with E-state index in [1.54, 1.807) is 6.92 Å². The highest BCUT2D eigenvalue weighted by Crippen LogP contribution is 2.20. The van der Waals surface area contributed by atoms with E-state index in [9.17, 15) is 19.2 Å². The minimum Gasteiger partial charge on any atom is -0.481 e. The predicted molar refractivity (Wildman–Crippen MR) is 61.9 cm³/mol. The first kappa shape index (κ1) is 16.4. The summed E-state index contributed by atoms with van der Waals surface area (Å²) in [6, 6.07) is 0. The maximum atomic E-state index is 11.5. The van der Waals surface area contributed by atoms with Crippen molar-refractivity contribution < 1.29 is 33.6 Å². The van der Waals surface area contributed by atoms with Gasteiger partial charge in [-0.2, -0.15) is 0 Å². The van der Waals surface area contributed by atoms with Crippen molar-refractivity contribution in [3.63, 3.8) is 0 Å². The van der Waals surface area contributed by atoms with Crippen molar-refractivity contribution in [1.29, 1.82) is 0 Å². The lowest BCUT2D eigenvalue weighted by molar-refractivity contribution is -0.139. The summed E-state index contributed by atoms with van der Waals surface area (Å²) < 4.78 is 4.63. The summed E-state index contributed by atoms with van der Waals surface area (Å²) in [4.78, 5) is 43.3. The molecule has 0 fully saturated rings. The van der Waals surface area contributed by atoms with Crippen LogP contribution in [0.3, 0.4) is 0 Å². The van der Waals surface area contributed by atoms with Crippen LogP contribution in [0.5, 0.6) is 0 Å². The van der Waals surface area contributed by atoms with Gasteiger partial charge in [0.25, 0.3) is 0 Å². The molecule has 0 unspecified atom stereocenters. The highest BCUT2D eigenvalue weighted by molar-refractivity contribution is 7.96. The fourth-order valence-corrected chi connectivity index (χ4v) is 1.70. The van der Waals surface area contributed by atoms with E-state index in [-0.39, 0.29) is 19.3 Å². The third-order valence-electron chi connectivity index (χ3n) is 1.85. The second-order valence-corrected chi connectivity index (χ2v) is 4.28. The smallest absolute Gasteiger partial charge is 0.317 e. The second-order valence-electron chi connectivity index (χ2n) is 3.35.